The predicted octanol–water partition coefficient (Wildman–Crippen LogP) is 3.45. The van der Waals surface area contributed by atoms with E-state index >= 15 is 0 Å². The third-order valence-electron chi connectivity index (χ3n) is 7.15. The Kier molecular flexibility index (Phi) is 9.21. The molecule has 1 aliphatic carbocycles. The molecule has 1 atom stereocenters. The van der Waals surface area contributed by atoms with Gasteiger partial charge in [-0.2, -0.15) is 0 Å². The Balaban J connectivity index is 1.63. The van der Waals surface area contributed by atoms with Crippen molar-refractivity contribution in [1.29, 1.82) is 0 Å². The molecule has 0 bridgehead atoms. The lowest BCUT2D eigenvalue weighted by Crippen LogP contribution is -2.53. The van der Waals surface area contributed by atoms with E-state index in [-0.39, 0.29) is 31.0 Å². The van der Waals surface area contributed by atoms with Crippen molar-refractivity contribution in [3.8, 4) is 17.2 Å². The van der Waals surface area contributed by atoms with Gasteiger partial charge < -0.3 is 24.4 Å². The number of methoxy groups -OCH3 is 1. The zero-order chi connectivity index (χ0) is 28.0. The molecule has 1 heterocycles. The van der Waals surface area contributed by atoms with E-state index in [1.54, 1.807) is 31.4 Å². The van der Waals surface area contributed by atoms with Gasteiger partial charge in [-0.3, -0.25) is 13.9 Å². The summed E-state index contributed by atoms with van der Waals surface area (Å²) in [5.41, 5.74) is 1.04. The van der Waals surface area contributed by atoms with Crippen LogP contribution in [0.15, 0.2) is 42.5 Å². The smallest absolute Gasteiger partial charge is 0.244 e. The van der Waals surface area contributed by atoms with Crippen LogP contribution < -0.4 is 23.8 Å². The number of ether oxygens (including phenoxy) is 3. The second-order valence-electron chi connectivity index (χ2n) is 9.95. The maximum absolute atomic E-state index is 13.9. The molecule has 0 spiro atoms. The first-order chi connectivity index (χ1) is 18.7. The minimum atomic E-state index is -3.85. The lowest BCUT2D eigenvalue weighted by Gasteiger charge is -2.34. The summed E-state index contributed by atoms with van der Waals surface area (Å²) >= 11 is 0. The van der Waals surface area contributed by atoms with E-state index in [1.807, 2.05) is 19.1 Å². The summed E-state index contributed by atoms with van der Waals surface area (Å²) in [6.07, 6.45) is 6.53. The molecule has 2 aliphatic rings. The van der Waals surface area contributed by atoms with Crippen LogP contribution in [0.2, 0.25) is 0 Å². The average molecular weight is 560 g/mol. The largest absolute Gasteiger partial charge is 0.497 e. The predicted molar refractivity (Wildman–Crippen MR) is 147 cm³/mol. The Bertz CT molecular complexity index is 1280. The number of nitrogens with one attached hydrogen (secondary N) is 1. The van der Waals surface area contributed by atoms with Crippen LogP contribution in [-0.4, -0.2) is 63.9 Å². The van der Waals surface area contributed by atoms with Crippen LogP contribution >= 0.6 is 0 Å². The first kappa shape index (κ1) is 28.5. The van der Waals surface area contributed by atoms with E-state index in [2.05, 4.69) is 5.32 Å². The molecule has 2 aromatic rings. The number of sulfonamides is 1. The Hall–Kier alpha value is -3.47. The van der Waals surface area contributed by atoms with Crippen LogP contribution in [0.25, 0.3) is 0 Å². The minimum absolute atomic E-state index is 0.0409. The van der Waals surface area contributed by atoms with Gasteiger partial charge in [0.1, 0.15) is 18.3 Å². The van der Waals surface area contributed by atoms with Gasteiger partial charge in [0.2, 0.25) is 28.6 Å². The fourth-order valence-electron chi connectivity index (χ4n) is 5.09. The normalized spacial score (nSPS) is 15.9. The molecule has 4 rings (SSSR count). The Morgan fingerprint density at radius 1 is 1.08 bits per heavy atom. The second kappa shape index (κ2) is 12.6. The molecule has 10 nitrogen and oxygen atoms in total. The van der Waals surface area contributed by atoms with Gasteiger partial charge in [0.05, 0.1) is 19.1 Å². The van der Waals surface area contributed by atoms with Crippen LogP contribution in [0, 0.1) is 0 Å². The quantitative estimate of drug-likeness (QED) is 0.449. The number of carbonyl (C=O) groups excluding carboxylic acids is 2. The maximum Gasteiger partial charge on any atom is 0.244 e. The lowest BCUT2D eigenvalue weighted by atomic mass is 9.95. The van der Waals surface area contributed by atoms with Crippen molar-refractivity contribution in [2.75, 3.05) is 31.0 Å². The fraction of sp³-hybridized carbons (Fsp3) is 0.500. The highest BCUT2D eigenvalue weighted by atomic mass is 32.2. The zero-order valence-corrected chi connectivity index (χ0v) is 23.5. The van der Waals surface area contributed by atoms with Gasteiger partial charge in [-0.25, -0.2) is 8.42 Å². The number of amides is 2. The van der Waals surface area contributed by atoms with Crippen LogP contribution in [0.3, 0.4) is 0 Å². The van der Waals surface area contributed by atoms with Crippen molar-refractivity contribution in [1.82, 2.24) is 10.2 Å². The van der Waals surface area contributed by atoms with Crippen LogP contribution in [0.5, 0.6) is 17.2 Å². The molecule has 0 radical (unpaired) electrons. The number of fused-ring (bicyclic) bond motifs is 1. The summed E-state index contributed by atoms with van der Waals surface area (Å²) < 4.78 is 42.8. The van der Waals surface area contributed by atoms with E-state index in [1.165, 1.54) is 11.0 Å². The summed E-state index contributed by atoms with van der Waals surface area (Å²) in [4.78, 5) is 28.9. The highest BCUT2D eigenvalue weighted by Gasteiger charge is 2.33. The van der Waals surface area contributed by atoms with Gasteiger partial charge in [-0.05, 0) is 49.1 Å². The van der Waals surface area contributed by atoms with E-state index in [9.17, 15) is 18.0 Å². The molecular weight excluding hydrogens is 522 g/mol. The molecule has 1 aliphatic heterocycles. The fourth-order valence-corrected chi connectivity index (χ4v) is 5.93. The molecular formula is C28H37N3O7S. The number of hydrogen-bond donors (Lipinski definition) is 1. The molecule has 1 N–H and O–H groups in total. The summed E-state index contributed by atoms with van der Waals surface area (Å²) in [5.74, 6) is 0.808. The SMILES string of the molecule is CC[C@@H](C(=O)NC1CCCCC1)N(Cc1cccc(OC)c1)C(=O)CN(c1ccc2c(c1)OCO2)S(C)(=O)=O. The monoisotopic (exact) mass is 559 g/mol. The average Bonchev–Trinajstić information content (AvgIpc) is 3.39. The van der Waals surface area contributed by atoms with Crippen molar-refractivity contribution in [2.45, 2.75) is 64.1 Å². The first-order valence-corrected chi connectivity index (χ1v) is 15.1. The summed E-state index contributed by atoms with van der Waals surface area (Å²) in [7, 11) is -2.29. The molecule has 1 saturated carbocycles. The second-order valence-corrected chi connectivity index (χ2v) is 11.9. The summed E-state index contributed by atoms with van der Waals surface area (Å²) in [5, 5.41) is 3.14. The van der Waals surface area contributed by atoms with Crippen molar-refractivity contribution in [3.63, 3.8) is 0 Å². The summed E-state index contributed by atoms with van der Waals surface area (Å²) in [6.45, 7) is 1.53. The topological polar surface area (TPSA) is 114 Å². The molecule has 2 amide bonds. The van der Waals surface area contributed by atoms with Crippen molar-refractivity contribution in [2.24, 2.45) is 0 Å². The van der Waals surface area contributed by atoms with E-state index < -0.39 is 28.5 Å². The van der Waals surface area contributed by atoms with Crippen molar-refractivity contribution in [3.05, 3.63) is 48.0 Å². The number of anilines is 1. The third-order valence-corrected chi connectivity index (χ3v) is 8.29. The van der Waals surface area contributed by atoms with Gasteiger partial charge in [0.15, 0.2) is 11.5 Å². The van der Waals surface area contributed by atoms with Crippen LogP contribution in [0.1, 0.15) is 51.0 Å². The molecule has 2 aromatic carbocycles. The Morgan fingerprint density at radius 2 is 1.82 bits per heavy atom. The molecule has 0 unspecified atom stereocenters. The third kappa shape index (κ3) is 7.14. The van der Waals surface area contributed by atoms with Gasteiger partial charge in [-0.15, -0.1) is 0 Å². The number of hydrogen-bond acceptors (Lipinski definition) is 7. The number of rotatable bonds is 11. The van der Waals surface area contributed by atoms with Gasteiger partial charge >= 0.3 is 0 Å². The highest BCUT2D eigenvalue weighted by Crippen LogP contribution is 2.36. The van der Waals surface area contributed by atoms with Crippen LogP contribution in [0.4, 0.5) is 5.69 Å². The maximum atomic E-state index is 13.9. The van der Waals surface area contributed by atoms with Gasteiger partial charge in [0.25, 0.3) is 0 Å². The first-order valence-electron chi connectivity index (χ1n) is 13.3. The van der Waals surface area contributed by atoms with Gasteiger partial charge in [0, 0.05) is 18.7 Å². The van der Waals surface area contributed by atoms with Gasteiger partial charge in [-0.1, -0.05) is 38.3 Å². The number of benzene rings is 2. The molecule has 0 saturated heterocycles. The summed E-state index contributed by atoms with van der Waals surface area (Å²) in [6, 6.07) is 11.3. The Morgan fingerprint density at radius 3 is 2.51 bits per heavy atom. The zero-order valence-electron chi connectivity index (χ0n) is 22.7. The molecule has 39 heavy (non-hydrogen) atoms. The van der Waals surface area contributed by atoms with E-state index in [0.29, 0.717) is 23.7 Å². The molecule has 11 heteroatoms. The number of carbonyl (C=O) groups is 2. The van der Waals surface area contributed by atoms with Crippen molar-refractivity contribution < 1.29 is 32.2 Å². The molecule has 1 fully saturated rings. The highest BCUT2D eigenvalue weighted by molar-refractivity contribution is 7.92. The minimum Gasteiger partial charge on any atom is -0.497 e. The van der Waals surface area contributed by atoms with Crippen molar-refractivity contribution >= 4 is 27.5 Å². The molecule has 212 valence electrons. The van der Waals surface area contributed by atoms with E-state index in [0.717, 1.165) is 48.2 Å². The number of nitrogens with zero attached hydrogens (tertiary/aromatic N) is 2. The van der Waals surface area contributed by atoms with Crippen LogP contribution in [-0.2, 0) is 26.2 Å². The standard InChI is InChI=1S/C28H37N3O7S/c1-4-24(28(33)29-21-10-6-5-7-11-21)30(17-20-9-8-12-23(15-20)36-2)27(32)18-31(39(3,34)35)22-13-14-25-26(16-22)38-19-37-25/h8-9,12-16,21,24H,4-7,10-11,17-19H2,1-3H3,(H,29,33)/t24-/m0/s1. The molecule has 0 aromatic heterocycles. The van der Waals surface area contributed by atoms with E-state index in [4.69, 9.17) is 14.2 Å². The lowest BCUT2D eigenvalue weighted by molar-refractivity contribution is -0.140. The Labute approximate surface area is 230 Å².